The standard InChI is InChI=1S/C16H17NO6/c1-21-9-13-5-6-14(23-13)16(20)17-8-11-3-2-4-12(7-11)22-10-15(18)19/h2-7H,8-10H2,1H3,(H,17,20)(H,18,19). The number of ether oxygens (including phenoxy) is 2. The summed E-state index contributed by atoms with van der Waals surface area (Å²) in [6, 6.07) is 10.1. The van der Waals surface area contributed by atoms with Gasteiger partial charge in [-0.1, -0.05) is 12.1 Å². The third-order valence-electron chi connectivity index (χ3n) is 2.89. The molecule has 0 aliphatic carbocycles. The predicted octanol–water partition coefficient (Wildman–Crippen LogP) is 1.82. The van der Waals surface area contributed by atoms with Crippen LogP contribution in [-0.2, 0) is 22.7 Å². The first kappa shape index (κ1) is 16.6. The van der Waals surface area contributed by atoms with E-state index < -0.39 is 12.6 Å². The number of hydrogen-bond acceptors (Lipinski definition) is 5. The molecule has 2 N–H and O–H groups in total. The summed E-state index contributed by atoms with van der Waals surface area (Å²) in [5.74, 6) is -0.186. The van der Waals surface area contributed by atoms with Gasteiger partial charge < -0.3 is 24.3 Å². The van der Waals surface area contributed by atoms with Crippen molar-refractivity contribution < 1.29 is 28.6 Å². The molecule has 122 valence electrons. The summed E-state index contributed by atoms with van der Waals surface area (Å²) in [6.45, 7) is 0.157. The zero-order valence-electron chi connectivity index (χ0n) is 12.6. The van der Waals surface area contributed by atoms with Crippen molar-refractivity contribution in [2.24, 2.45) is 0 Å². The first-order valence-corrected chi connectivity index (χ1v) is 6.88. The van der Waals surface area contributed by atoms with E-state index in [9.17, 15) is 9.59 Å². The lowest BCUT2D eigenvalue weighted by Crippen LogP contribution is -2.22. The number of methoxy groups -OCH3 is 1. The Morgan fingerprint density at radius 3 is 2.83 bits per heavy atom. The molecule has 0 aliphatic rings. The van der Waals surface area contributed by atoms with Crippen molar-refractivity contribution >= 4 is 11.9 Å². The maximum absolute atomic E-state index is 12.0. The highest BCUT2D eigenvalue weighted by Gasteiger charge is 2.11. The fourth-order valence-electron chi connectivity index (χ4n) is 1.88. The van der Waals surface area contributed by atoms with Crippen LogP contribution < -0.4 is 10.1 Å². The Morgan fingerprint density at radius 2 is 2.09 bits per heavy atom. The van der Waals surface area contributed by atoms with Crippen molar-refractivity contribution in [1.29, 1.82) is 0 Å². The van der Waals surface area contributed by atoms with Gasteiger partial charge in [0.15, 0.2) is 12.4 Å². The van der Waals surface area contributed by atoms with Crippen LogP contribution >= 0.6 is 0 Å². The molecule has 2 aromatic rings. The summed E-state index contributed by atoms with van der Waals surface area (Å²) in [7, 11) is 1.54. The monoisotopic (exact) mass is 319 g/mol. The van der Waals surface area contributed by atoms with E-state index in [-0.39, 0.29) is 18.2 Å². The molecule has 0 saturated heterocycles. The molecule has 0 atom stereocenters. The lowest BCUT2D eigenvalue weighted by atomic mass is 10.2. The molecule has 23 heavy (non-hydrogen) atoms. The number of rotatable bonds is 8. The molecule has 0 saturated carbocycles. The molecular weight excluding hydrogens is 302 g/mol. The third-order valence-corrected chi connectivity index (χ3v) is 2.89. The molecule has 7 nitrogen and oxygen atoms in total. The fraction of sp³-hybridized carbons (Fsp3) is 0.250. The van der Waals surface area contributed by atoms with E-state index in [4.69, 9.17) is 19.0 Å². The summed E-state index contributed by atoms with van der Waals surface area (Å²) < 4.78 is 15.3. The molecule has 7 heteroatoms. The van der Waals surface area contributed by atoms with Gasteiger partial charge in [0.05, 0.1) is 0 Å². The molecule has 0 aliphatic heterocycles. The van der Waals surface area contributed by atoms with E-state index >= 15 is 0 Å². The van der Waals surface area contributed by atoms with Crippen LogP contribution in [0.2, 0.25) is 0 Å². The highest BCUT2D eigenvalue weighted by Crippen LogP contribution is 2.14. The Kier molecular flexibility index (Phi) is 5.76. The number of benzene rings is 1. The Labute approximate surface area is 132 Å². The quantitative estimate of drug-likeness (QED) is 0.770. The van der Waals surface area contributed by atoms with Crippen LogP contribution in [0.15, 0.2) is 40.8 Å². The van der Waals surface area contributed by atoms with Crippen molar-refractivity contribution in [3.05, 3.63) is 53.5 Å². The Bertz CT molecular complexity index is 679. The van der Waals surface area contributed by atoms with Crippen LogP contribution in [0.25, 0.3) is 0 Å². The number of nitrogens with one attached hydrogen (secondary N) is 1. The SMILES string of the molecule is COCc1ccc(C(=O)NCc2cccc(OCC(=O)O)c2)o1. The van der Waals surface area contributed by atoms with Gasteiger partial charge in [-0.15, -0.1) is 0 Å². The minimum atomic E-state index is -1.05. The molecule has 0 unspecified atom stereocenters. The van der Waals surface area contributed by atoms with Crippen LogP contribution in [0, 0.1) is 0 Å². The third kappa shape index (κ3) is 5.15. The number of amides is 1. The lowest BCUT2D eigenvalue weighted by Gasteiger charge is -2.07. The van der Waals surface area contributed by atoms with Crippen LogP contribution in [0.4, 0.5) is 0 Å². The number of carboxylic acids is 1. The molecule has 0 radical (unpaired) electrons. The van der Waals surface area contributed by atoms with E-state index in [1.165, 1.54) is 0 Å². The zero-order valence-corrected chi connectivity index (χ0v) is 12.6. The molecule has 2 rings (SSSR count). The van der Waals surface area contributed by atoms with Gasteiger partial charge in [-0.2, -0.15) is 0 Å². The molecule has 0 spiro atoms. The molecule has 0 bridgehead atoms. The van der Waals surface area contributed by atoms with Gasteiger partial charge >= 0.3 is 5.97 Å². The van der Waals surface area contributed by atoms with Gasteiger partial charge in [-0.05, 0) is 29.8 Å². The average Bonchev–Trinajstić information content (AvgIpc) is 3.00. The van der Waals surface area contributed by atoms with Gasteiger partial charge in [-0.3, -0.25) is 4.79 Å². The maximum atomic E-state index is 12.0. The Balaban J connectivity index is 1.90. The van der Waals surface area contributed by atoms with Gasteiger partial charge in [0.1, 0.15) is 18.1 Å². The second-order valence-corrected chi connectivity index (χ2v) is 4.71. The van der Waals surface area contributed by atoms with E-state index in [0.717, 1.165) is 5.56 Å². The Morgan fingerprint density at radius 1 is 1.26 bits per heavy atom. The van der Waals surface area contributed by atoms with Crippen molar-refractivity contribution in [1.82, 2.24) is 5.32 Å². The molecule has 1 aromatic carbocycles. The zero-order chi connectivity index (χ0) is 16.7. The maximum Gasteiger partial charge on any atom is 0.341 e. The predicted molar refractivity (Wildman–Crippen MR) is 80.2 cm³/mol. The average molecular weight is 319 g/mol. The molecule has 1 heterocycles. The summed E-state index contributed by atoms with van der Waals surface area (Å²) in [6.07, 6.45) is 0. The van der Waals surface area contributed by atoms with Crippen LogP contribution in [-0.4, -0.2) is 30.7 Å². The smallest absolute Gasteiger partial charge is 0.341 e. The first-order valence-electron chi connectivity index (χ1n) is 6.88. The second kappa shape index (κ2) is 8.00. The number of carboxylic acid groups (broad SMARTS) is 1. The lowest BCUT2D eigenvalue weighted by molar-refractivity contribution is -0.139. The van der Waals surface area contributed by atoms with Gasteiger partial charge in [0.2, 0.25) is 0 Å². The van der Waals surface area contributed by atoms with E-state index in [2.05, 4.69) is 5.32 Å². The number of furan rings is 1. The van der Waals surface area contributed by atoms with Crippen molar-refractivity contribution in [2.75, 3.05) is 13.7 Å². The fourth-order valence-corrected chi connectivity index (χ4v) is 1.88. The van der Waals surface area contributed by atoms with E-state index in [1.807, 2.05) is 0 Å². The number of carbonyl (C=O) groups excluding carboxylic acids is 1. The molecule has 1 amide bonds. The second-order valence-electron chi connectivity index (χ2n) is 4.71. The van der Waals surface area contributed by atoms with Crippen LogP contribution in [0.3, 0.4) is 0 Å². The van der Waals surface area contributed by atoms with Gasteiger partial charge in [0, 0.05) is 13.7 Å². The van der Waals surface area contributed by atoms with Crippen LogP contribution in [0.1, 0.15) is 21.9 Å². The normalized spacial score (nSPS) is 10.3. The number of aliphatic carboxylic acids is 1. The first-order chi connectivity index (χ1) is 11.1. The summed E-state index contributed by atoms with van der Waals surface area (Å²) in [5.41, 5.74) is 0.782. The van der Waals surface area contributed by atoms with Crippen molar-refractivity contribution in [3.8, 4) is 5.75 Å². The summed E-state index contributed by atoms with van der Waals surface area (Å²) in [4.78, 5) is 22.5. The van der Waals surface area contributed by atoms with Gasteiger partial charge in [-0.25, -0.2) is 4.79 Å². The van der Waals surface area contributed by atoms with E-state index in [0.29, 0.717) is 18.1 Å². The Hall–Kier alpha value is -2.80. The molecule has 1 aromatic heterocycles. The van der Waals surface area contributed by atoms with Crippen molar-refractivity contribution in [3.63, 3.8) is 0 Å². The number of hydrogen-bond donors (Lipinski definition) is 2. The summed E-state index contributed by atoms with van der Waals surface area (Å²) in [5, 5.41) is 11.3. The van der Waals surface area contributed by atoms with Crippen LogP contribution in [0.5, 0.6) is 5.75 Å². The molecular formula is C16H17NO6. The summed E-state index contributed by atoms with van der Waals surface area (Å²) >= 11 is 0. The van der Waals surface area contributed by atoms with Gasteiger partial charge in [0.25, 0.3) is 5.91 Å². The van der Waals surface area contributed by atoms with E-state index in [1.54, 1.807) is 43.5 Å². The number of carbonyl (C=O) groups is 2. The van der Waals surface area contributed by atoms with Crippen molar-refractivity contribution in [2.45, 2.75) is 13.2 Å². The highest BCUT2D eigenvalue weighted by atomic mass is 16.5. The highest BCUT2D eigenvalue weighted by molar-refractivity contribution is 5.91. The molecule has 0 fully saturated rings. The minimum Gasteiger partial charge on any atom is -0.482 e. The minimum absolute atomic E-state index is 0.204. The largest absolute Gasteiger partial charge is 0.482 e. The topological polar surface area (TPSA) is 98.0 Å².